The van der Waals surface area contributed by atoms with Crippen molar-refractivity contribution in [1.82, 2.24) is 15.3 Å². The number of pyridine rings is 1. The Kier molecular flexibility index (Phi) is 5.30. The Morgan fingerprint density at radius 3 is 2.72 bits per heavy atom. The van der Waals surface area contributed by atoms with Crippen molar-refractivity contribution in [2.24, 2.45) is 0 Å². The second-order valence-electron chi connectivity index (χ2n) is 5.24. The minimum atomic E-state index is -0.254. The first-order valence-corrected chi connectivity index (χ1v) is 8.02. The van der Waals surface area contributed by atoms with Crippen LogP contribution in [0.5, 0.6) is 5.75 Å². The minimum Gasteiger partial charge on any atom is -0.497 e. The molecule has 3 aromatic rings. The minimum absolute atomic E-state index is 0.254. The lowest BCUT2D eigenvalue weighted by atomic mass is 10.2. The number of nitrogens with zero attached hydrogens (tertiary/aromatic N) is 2. The van der Waals surface area contributed by atoms with Crippen molar-refractivity contribution >= 4 is 17.5 Å². The number of aromatic nitrogens is 2. The fourth-order valence-corrected chi connectivity index (χ4v) is 2.30. The Bertz CT molecular complexity index is 845. The molecule has 0 saturated carbocycles. The van der Waals surface area contributed by atoms with Crippen molar-refractivity contribution in [3.05, 3.63) is 65.3 Å². The van der Waals surface area contributed by atoms with Gasteiger partial charge in [0.05, 0.1) is 17.8 Å². The van der Waals surface area contributed by atoms with Gasteiger partial charge in [0.2, 0.25) is 5.89 Å². The Morgan fingerprint density at radius 2 is 2.04 bits per heavy atom. The van der Waals surface area contributed by atoms with Crippen LogP contribution in [-0.4, -0.2) is 29.5 Å². The number of nitrogens with one attached hydrogen (secondary N) is 1. The van der Waals surface area contributed by atoms with Gasteiger partial charge in [-0.05, 0) is 36.4 Å². The van der Waals surface area contributed by atoms with Crippen LogP contribution in [0.15, 0.2) is 53.3 Å². The van der Waals surface area contributed by atoms with Crippen molar-refractivity contribution in [2.45, 2.75) is 6.42 Å². The van der Waals surface area contributed by atoms with E-state index in [2.05, 4.69) is 15.3 Å². The molecule has 6 nitrogen and oxygen atoms in total. The maximum absolute atomic E-state index is 12.0. The fraction of sp³-hybridized carbons (Fsp3) is 0.167. The zero-order valence-electron chi connectivity index (χ0n) is 13.5. The fourth-order valence-electron chi connectivity index (χ4n) is 2.19. The van der Waals surface area contributed by atoms with Gasteiger partial charge in [0.25, 0.3) is 5.91 Å². The number of oxazole rings is 1. The smallest absolute Gasteiger partial charge is 0.269 e. The highest BCUT2D eigenvalue weighted by Crippen LogP contribution is 2.21. The molecule has 0 radical (unpaired) electrons. The third-order valence-electron chi connectivity index (χ3n) is 3.52. The summed E-state index contributed by atoms with van der Waals surface area (Å²) >= 11 is 5.75. The lowest BCUT2D eigenvalue weighted by Gasteiger charge is -2.03. The van der Waals surface area contributed by atoms with Gasteiger partial charge in [-0.2, -0.15) is 0 Å². The molecule has 0 spiro atoms. The van der Waals surface area contributed by atoms with E-state index >= 15 is 0 Å². The Labute approximate surface area is 149 Å². The van der Waals surface area contributed by atoms with Gasteiger partial charge in [-0.3, -0.25) is 4.79 Å². The van der Waals surface area contributed by atoms with E-state index in [1.54, 1.807) is 25.5 Å². The summed E-state index contributed by atoms with van der Waals surface area (Å²) in [7, 11) is 1.62. The molecule has 1 aromatic carbocycles. The van der Waals surface area contributed by atoms with E-state index in [0.29, 0.717) is 29.6 Å². The molecular formula is C18H16ClN3O3. The lowest BCUT2D eigenvalue weighted by molar-refractivity contribution is 0.0949. The summed E-state index contributed by atoms with van der Waals surface area (Å²) < 4.78 is 10.6. The normalized spacial score (nSPS) is 10.5. The molecule has 0 aliphatic carbocycles. The van der Waals surface area contributed by atoms with Crippen LogP contribution in [0.3, 0.4) is 0 Å². The van der Waals surface area contributed by atoms with Gasteiger partial charge in [0, 0.05) is 24.7 Å². The summed E-state index contributed by atoms with van der Waals surface area (Å²) in [6, 6.07) is 10.7. The van der Waals surface area contributed by atoms with E-state index in [4.69, 9.17) is 20.8 Å². The van der Waals surface area contributed by atoms with Crippen molar-refractivity contribution in [1.29, 1.82) is 0 Å². The second-order valence-corrected chi connectivity index (χ2v) is 5.68. The van der Waals surface area contributed by atoms with Crippen LogP contribution in [0.25, 0.3) is 11.5 Å². The first-order chi connectivity index (χ1) is 12.2. The molecule has 0 aliphatic rings. The molecule has 3 rings (SSSR count). The van der Waals surface area contributed by atoms with Gasteiger partial charge >= 0.3 is 0 Å². The number of rotatable bonds is 6. The summed E-state index contributed by atoms with van der Waals surface area (Å²) in [6.07, 6.45) is 3.58. The number of methoxy groups -OCH3 is 1. The number of carbonyl (C=O) groups excluding carboxylic acids is 1. The van der Waals surface area contributed by atoms with Gasteiger partial charge in [-0.15, -0.1) is 0 Å². The quantitative estimate of drug-likeness (QED) is 0.731. The standard InChI is InChI=1S/C18H16ClN3O3/c1-24-15-5-2-12(3-6-15)18-22-14(11-25-18)8-9-20-17(23)16-7-4-13(19)10-21-16/h2-7,10-11H,8-9H2,1H3,(H,20,23). The molecule has 128 valence electrons. The Balaban J connectivity index is 1.54. The van der Waals surface area contributed by atoms with E-state index in [-0.39, 0.29) is 5.91 Å². The molecule has 1 N–H and O–H groups in total. The van der Waals surface area contributed by atoms with Crippen LogP contribution in [-0.2, 0) is 6.42 Å². The van der Waals surface area contributed by atoms with E-state index in [0.717, 1.165) is 17.0 Å². The molecule has 1 amide bonds. The summed E-state index contributed by atoms with van der Waals surface area (Å²) in [5, 5.41) is 3.28. The summed E-state index contributed by atoms with van der Waals surface area (Å²) in [5.74, 6) is 1.05. The molecule has 0 unspecified atom stereocenters. The topological polar surface area (TPSA) is 77.2 Å². The van der Waals surface area contributed by atoms with Crippen LogP contribution in [0.4, 0.5) is 0 Å². The van der Waals surface area contributed by atoms with E-state index in [9.17, 15) is 4.79 Å². The van der Waals surface area contributed by atoms with Crippen LogP contribution in [0.1, 0.15) is 16.2 Å². The molecular weight excluding hydrogens is 342 g/mol. The third-order valence-corrected chi connectivity index (χ3v) is 3.74. The zero-order chi connectivity index (χ0) is 17.6. The largest absolute Gasteiger partial charge is 0.497 e. The second kappa shape index (κ2) is 7.81. The predicted octanol–water partition coefficient (Wildman–Crippen LogP) is 3.37. The molecule has 0 aliphatic heterocycles. The number of benzene rings is 1. The first kappa shape index (κ1) is 17.0. The van der Waals surface area contributed by atoms with Crippen molar-refractivity contribution in [3.8, 4) is 17.2 Å². The van der Waals surface area contributed by atoms with Crippen LogP contribution < -0.4 is 10.1 Å². The molecule has 0 saturated heterocycles. The van der Waals surface area contributed by atoms with Crippen LogP contribution in [0.2, 0.25) is 5.02 Å². The lowest BCUT2D eigenvalue weighted by Crippen LogP contribution is -2.26. The predicted molar refractivity (Wildman–Crippen MR) is 93.8 cm³/mol. The monoisotopic (exact) mass is 357 g/mol. The molecule has 25 heavy (non-hydrogen) atoms. The van der Waals surface area contributed by atoms with Crippen molar-refractivity contribution < 1.29 is 13.9 Å². The molecule has 0 atom stereocenters. The molecule has 2 heterocycles. The number of halogens is 1. The third kappa shape index (κ3) is 4.36. The average Bonchev–Trinajstić information content (AvgIpc) is 3.11. The summed E-state index contributed by atoms with van der Waals surface area (Å²) in [5.41, 5.74) is 1.94. The highest BCUT2D eigenvalue weighted by molar-refractivity contribution is 6.30. The highest BCUT2D eigenvalue weighted by Gasteiger charge is 2.09. The number of amides is 1. The van der Waals surface area contributed by atoms with Gasteiger partial charge in [-0.25, -0.2) is 9.97 Å². The average molecular weight is 358 g/mol. The molecule has 0 fully saturated rings. The van der Waals surface area contributed by atoms with E-state index in [1.165, 1.54) is 6.20 Å². The van der Waals surface area contributed by atoms with Crippen LogP contribution >= 0.6 is 11.6 Å². The molecule has 0 bridgehead atoms. The highest BCUT2D eigenvalue weighted by atomic mass is 35.5. The van der Waals surface area contributed by atoms with E-state index < -0.39 is 0 Å². The molecule has 7 heteroatoms. The van der Waals surface area contributed by atoms with Gasteiger partial charge < -0.3 is 14.5 Å². The molecule has 2 aromatic heterocycles. The zero-order valence-corrected chi connectivity index (χ0v) is 14.3. The van der Waals surface area contributed by atoms with Gasteiger partial charge in [0.1, 0.15) is 17.7 Å². The number of hydrogen-bond donors (Lipinski definition) is 1. The van der Waals surface area contributed by atoms with Gasteiger partial charge in [0.15, 0.2) is 0 Å². The number of carbonyl (C=O) groups is 1. The number of hydrogen-bond acceptors (Lipinski definition) is 5. The van der Waals surface area contributed by atoms with Crippen LogP contribution in [0, 0.1) is 0 Å². The van der Waals surface area contributed by atoms with Gasteiger partial charge in [-0.1, -0.05) is 11.6 Å². The van der Waals surface area contributed by atoms with E-state index in [1.807, 2.05) is 24.3 Å². The maximum Gasteiger partial charge on any atom is 0.269 e. The SMILES string of the molecule is COc1ccc(-c2nc(CCNC(=O)c3ccc(Cl)cn3)co2)cc1. The number of ether oxygens (including phenoxy) is 1. The summed E-state index contributed by atoms with van der Waals surface area (Å²) in [4.78, 5) is 20.4. The van der Waals surface area contributed by atoms with Crippen molar-refractivity contribution in [2.75, 3.05) is 13.7 Å². The van der Waals surface area contributed by atoms with Crippen molar-refractivity contribution in [3.63, 3.8) is 0 Å². The maximum atomic E-state index is 12.0. The Hall–Kier alpha value is -2.86. The summed E-state index contributed by atoms with van der Waals surface area (Å²) in [6.45, 7) is 0.428. The Morgan fingerprint density at radius 1 is 1.24 bits per heavy atom. The first-order valence-electron chi connectivity index (χ1n) is 7.64.